The molecular formula is C23H24N4O2S. The lowest BCUT2D eigenvalue weighted by Gasteiger charge is -2.32. The van der Waals surface area contributed by atoms with Crippen molar-refractivity contribution in [3.8, 4) is 10.6 Å². The van der Waals surface area contributed by atoms with Gasteiger partial charge < -0.3 is 11.1 Å². The number of amides is 2. The molecule has 0 bridgehead atoms. The minimum atomic E-state index is -0.462. The first-order valence-corrected chi connectivity index (χ1v) is 10.8. The second-order valence-electron chi connectivity index (χ2n) is 7.48. The maximum atomic E-state index is 12.7. The van der Waals surface area contributed by atoms with Crippen LogP contribution < -0.4 is 11.1 Å². The molecule has 4 rings (SSSR count). The van der Waals surface area contributed by atoms with Gasteiger partial charge in [-0.25, -0.2) is 4.98 Å². The van der Waals surface area contributed by atoms with Crippen molar-refractivity contribution in [1.29, 1.82) is 0 Å². The molecule has 0 radical (unpaired) electrons. The van der Waals surface area contributed by atoms with Crippen molar-refractivity contribution in [2.75, 3.05) is 13.1 Å². The molecule has 3 aromatic rings. The summed E-state index contributed by atoms with van der Waals surface area (Å²) in [5.41, 5.74) is 7.91. The van der Waals surface area contributed by atoms with Crippen LogP contribution in [0.25, 0.3) is 10.6 Å². The van der Waals surface area contributed by atoms with E-state index < -0.39 is 5.91 Å². The van der Waals surface area contributed by atoms with Crippen molar-refractivity contribution in [2.24, 2.45) is 5.73 Å². The number of aromatic nitrogens is 1. The monoisotopic (exact) mass is 420 g/mol. The van der Waals surface area contributed by atoms with E-state index in [-0.39, 0.29) is 11.9 Å². The molecule has 1 aliphatic heterocycles. The summed E-state index contributed by atoms with van der Waals surface area (Å²) in [6.07, 6.45) is 3.50. The lowest BCUT2D eigenvalue weighted by molar-refractivity contribution is 0.0912. The number of hydrogen-bond acceptors (Lipinski definition) is 5. The van der Waals surface area contributed by atoms with E-state index in [2.05, 4.69) is 39.5 Å². The molecule has 1 aliphatic rings. The maximum absolute atomic E-state index is 12.7. The van der Waals surface area contributed by atoms with Crippen LogP contribution in [0, 0.1) is 0 Å². The summed E-state index contributed by atoms with van der Waals surface area (Å²) in [4.78, 5) is 31.2. The number of carbonyl (C=O) groups excluding carboxylic acids is 2. The molecule has 2 aromatic carbocycles. The highest BCUT2D eigenvalue weighted by molar-refractivity contribution is 7.16. The fraction of sp³-hybridized carbons (Fsp3) is 0.261. The Morgan fingerprint density at radius 2 is 1.77 bits per heavy atom. The zero-order valence-electron chi connectivity index (χ0n) is 16.6. The van der Waals surface area contributed by atoms with E-state index in [4.69, 9.17) is 5.73 Å². The Morgan fingerprint density at radius 3 is 2.43 bits per heavy atom. The predicted molar refractivity (Wildman–Crippen MR) is 118 cm³/mol. The van der Waals surface area contributed by atoms with Gasteiger partial charge in [0, 0.05) is 36.8 Å². The second-order valence-corrected chi connectivity index (χ2v) is 8.51. The van der Waals surface area contributed by atoms with Gasteiger partial charge in [0.1, 0.15) is 9.88 Å². The number of rotatable bonds is 6. The summed E-state index contributed by atoms with van der Waals surface area (Å²) in [6.45, 7) is 2.90. The van der Waals surface area contributed by atoms with Crippen LogP contribution in [0.15, 0.2) is 60.8 Å². The quantitative estimate of drug-likeness (QED) is 0.640. The first kappa shape index (κ1) is 20.3. The summed E-state index contributed by atoms with van der Waals surface area (Å²) in [5, 5.41) is 3.90. The molecule has 0 spiro atoms. The molecule has 2 amide bonds. The van der Waals surface area contributed by atoms with Gasteiger partial charge in [0.25, 0.3) is 5.91 Å². The van der Waals surface area contributed by atoms with Crippen LogP contribution in [0.1, 0.15) is 38.4 Å². The first-order chi connectivity index (χ1) is 14.6. The zero-order valence-corrected chi connectivity index (χ0v) is 17.4. The van der Waals surface area contributed by atoms with Crippen molar-refractivity contribution in [1.82, 2.24) is 15.2 Å². The largest absolute Gasteiger partial charge is 0.366 e. The van der Waals surface area contributed by atoms with E-state index in [1.807, 2.05) is 6.07 Å². The smallest absolute Gasteiger partial charge is 0.263 e. The SMILES string of the molecule is NC(=O)c1ccc(-c2ncc(C(=O)NC3CCN(Cc4ccccc4)CC3)s2)cc1. The van der Waals surface area contributed by atoms with Gasteiger partial charge >= 0.3 is 0 Å². The molecule has 0 atom stereocenters. The average molecular weight is 421 g/mol. The Morgan fingerprint density at radius 1 is 1.07 bits per heavy atom. The predicted octanol–water partition coefficient (Wildman–Crippen LogP) is 3.30. The summed E-state index contributed by atoms with van der Waals surface area (Å²) in [7, 11) is 0. The van der Waals surface area contributed by atoms with Crippen LogP contribution in [0.3, 0.4) is 0 Å². The van der Waals surface area contributed by atoms with Crippen LogP contribution in [0.5, 0.6) is 0 Å². The number of nitrogens with zero attached hydrogens (tertiary/aromatic N) is 2. The lowest BCUT2D eigenvalue weighted by Crippen LogP contribution is -2.44. The van der Waals surface area contributed by atoms with E-state index in [9.17, 15) is 9.59 Å². The Bertz CT molecular complexity index is 1010. The van der Waals surface area contributed by atoms with Crippen molar-refractivity contribution >= 4 is 23.2 Å². The third-order valence-electron chi connectivity index (χ3n) is 5.32. The topological polar surface area (TPSA) is 88.3 Å². The van der Waals surface area contributed by atoms with E-state index >= 15 is 0 Å². The van der Waals surface area contributed by atoms with Crippen LogP contribution in [0.4, 0.5) is 0 Å². The molecule has 0 saturated carbocycles. The lowest BCUT2D eigenvalue weighted by atomic mass is 10.0. The van der Waals surface area contributed by atoms with E-state index in [1.54, 1.807) is 30.5 Å². The molecule has 1 saturated heterocycles. The molecule has 7 heteroatoms. The fourth-order valence-electron chi connectivity index (χ4n) is 3.62. The highest BCUT2D eigenvalue weighted by Gasteiger charge is 2.22. The molecule has 30 heavy (non-hydrogen) atoms. The van der Waals surface area contributed by atoms with Gasteiger partial charge in [-0.05, 0) is 30.5 Å². The number of nitrogens with two attached hydrogens (primary N) is 1. The summed E-state index contributed by atoms with van der Waals surface area (Å²) in [5.74, 6) is -0.537. The van der Waals surface area contributed by atoms with Crippen LogP contribution in [0.2, 0.25) is 0 Å². The molecule has 0 aliphatic carbocycles. The molecule has 2 heterocycles. The number of thiazole rings is 1. The molecule has 154 valence electrons. The van der Waals surface area contributed by atoms with Gasteiger partial charge in [0.15, 0.2) is 0 Å². The number of piperidine rings is 1. The Hall–Kier alpha value is -3.03. The fourth-order valence-corrected chi connectivity index (χ4v) is 4.45. The number of primary amides is 1. The Kier molecular flexibility index (Phi) is 6.21. The highest BCUT2D eigenvalue weighted by Crippen LogP contribution is 2.26. The van der Waals surface area contributed by atoms with Gasteiger partial charge in [-0.15, -0.1) is 11.3 Å². The van der Waals surface area contributed by atoms with Crippen molar-refractivity contribution < 1.29 is 9.59 Å². The molecular weight excluding hydrogens is 396 g/mol. The van der Waals surface area contributed by atoms with Crippen molar-refractivity contribution in [2.45, 2.75) is 25.4 Å². The Labute approximate surface area is 179 Å². The van der Waals surface area contributed by atoms with Gasteiger partial charge in [-0.3, -0.25) is 14.5 Å². The van der Waals surface area contributed by atoms with Gasteiger partial charge in [0.05, 0.1) is 6.20 Å². The molecule has 1 aromatic heterocycles. The number of likely N-dealkylation sites (tertiary alicyclic amines) is 1. The minimum absolute atomic E-state index is 0.0750. The average Bonchev–Trinajstić information content (AvgIpc) is 3.26. The van der Waals surface area contributed by atoms with Crippen LogP contribution in [-0.2, 0) is 6.54 Å². The molecule has 3 N–H and O–H groups in total. The first-order valence-electron chi connectivity index (χ1n) is 10.0. The Balaban J connectivity index is 1.30. The van der Waals surface area contributed by atoms with E-state index in [0.29, 0.717) is 10.4 Å². The highest BCUT2D eigenvalue weighted by atomic mass is 32.1. The van der Waals surface area contributed by atoms with Gasteiger partial charge in [0.2, 0.25) is 5.91 Å². The number of hydrogen-bond donors (Lipinski definition) is 2. The molecule has 6 nitrogen and oxygen atoms in total. The minimum Gasteiger partial charge on any atom is -0.366 e. The third kappa shape index (κ3) is 4.93. The third-order valence-corrected chi connectivity index (χ3v) is 6.36. The zero-order chi connectivity index (χ0) is 20.9. The normalized spacial score (nSPS) is 15.1. The van der Waals surface area contributed by atoms with E-state index in [1.165, 1.54) is 16.9 Å². The van der Waals surface area contributed by atoms with Gasteiger partial charge in [-0.2, -0.15) is 0 Å². The van der Waals surface area contributed by atoms with Gasteiger partial charge in [-0.1, -0.05) is 42.5 Å². The summed E-state index contributed by atoms with van der Waals surface area (Å²) < 4.78 is 0. The van der Waals surface area contributed by atoms with E-state index in [0.717, 1.165) is 43.0 Å². The summed E-state index contributed by atoms with van der Waals surface area (Å²) in [6, 6.07) is 17.6. The second kappa shape index (κ2) is 9.19. The molecule has 0 unspecified atom stereocenters. The standard InChI is InChI=1S/C23H24N4O2S/c24-21(28)17-6-8-18(9-7-17)23-25-14-20(30-23)22(29)26-19-10-12-27(13-11-19)15-16-4-2-1-3-5-16/h1-9,14,19H,10-13,15H2,(H2,24,28)(H,26,29). The van der Waals surface area contributed by atoms with Crippen LogP contribution in [-0.4, -0.2) is 40.8 Å². The maximum Gasteiger partial charge on any atom is 0.263 e. The number of carbonyl (C=O) groups is 2. The number of nitrogens with one attached hydrogen (secondary N) is 1. The number of benzene rings is 2. The van der Waals surface area contributed by atoms with Crippen molar-refractivity contribution in [3.05, 3.63) is 76.8 Å². The molecule has 1 fully saturated rings. The summed E-state index contributed by atoms with van der Waals surface area (Å²) >= 11 is 1.35. The van der Waals surface area contributed by atoms with Crippen molar-refractivity contribution in [3.63, 3.8) is 0 Å². The van der Waals surface area contributed by atoms with Crippen LogP contribution >= 0.6 is 11.3 Å².